The van der Waals surface area contributed by atoms with E-state index in [0.29, 0.717) is 6.04 Å². The highest BCUT2D eigenvalue weighted by Gasteiger charge is 2.42. The molecule has 0 aromatic carbocycles. The fourth-order valence-electron chi connectivity index (χ4n) is 3.67. The van der Waals surface area contributed by atoms with Crippen molar-refractivity contribution in [3.8, 4) is 0 Å². The summed E-state index contributed by atoms with van der Waals surface area (Å²) in [6.07, 6.45) is 8.06. The van der Waals surface area contributed by atoms with Gasteiger partial charge in [-0.3, -0.25) is 4.98 Å². The molecule has 4 heteroatoms. The van der Waals surface area contributed by atoms with Crippen molar-refractivity contribution in [3.63, 3.8) is 0 Å². The van der Waals surface area contributed by atoms with Gasteiger partial charge in [-0.05, 0) is 80.8 Å². The number of hydrogen-bond donors (Lipinski definition) is 1. The van der Waals surface area contributed by atoms with Crippen LogP contribution in [0.25, 0.3) is 0 Å². The van der Waals surface area contributed by atoms with Crippen molar-refractivity contribution in [2.24, 2.45) is 5.92 Å². The number of rotatable bonds is 5. The summed E-state index contributed by atoms with van der Waals surface area (Å²) in [5, 5.41) is 3.58. The zero-order valence-electron chi connectivity index (χ0n) is 13.7. The number of pyridine rings is 1. The highest BCUT2D eigenvalue weighted by Crippen LogP contribution is 2.38. The van der Waals surface area contributed by atoms with Gasteiger partial charge in [0.2, 0.25) is 0 Å². The molecule has 0 spiro atoms. The van der Waals surface area contributed by atoms with Crippen LogP contribution in [0.4, 0.5) is 0 Å². The van der Waals surface area contributed by atoms with Crippen LogP contribution in [0.5, 0.6) is 0 Å². The summed E-state index contributed by atoms with van der Waals surface area (Å²) in [5.41, 5.74) is 1.41. The van der Waals surface area contributed by atoms with Crippen molar-refractivity contribution in [1.29, 1.82) is 0 Å². The number of aromatic nitrogens is 1. The van der Waals surface area contributed by atoms with E-state index in [1.54, 1.807) is 0 Å². The fraction of sp³-hybridized carbons (Fsp3) is 0.706. The molecule has 1 aliphatic rings. The van der Waals surface area contributed by atoms with Crippen LogP contribution in [0.3, 0.4) is 0 Å². The molecule has 1 aliphatic carbocycles. The molecule has 1 N–H and O–H groups in total. The van der Waals surface area contributed by atoms with Gasteiger partial charge in [0, 0.05) is 34.4 Å². The normalized spacial score (nSPS) is 27.8. The van der Waals surface area contributed by atoms with Crippen molar-refractivity contribution < 1.29 is 0 Å². The number of halogens is 1. The second-order valence-electron chi connectivity index (χ2n) is 6.69. The topological polar surface area (TPSA) is 28.2 Å². The number of nitrogens with zero attached hydrogens (tertiary/aromatic N) is 2. The van der Waals surface area contributed by atoms with Crippen LogP contribution in [0, 0.1) is 5.92 Å². The SMILES string of the molecule is CNC(Cc1ccc(Br)cn1)C1(N(C)C)CCC(C)CC1. The first kappa shape index (κ1) is 16.9. The molecule has 21 heavy (non-hydrogen) atoms. The van der Waals surface area contributed by atoms with E-state index in [2.05, 4.69) is 71.3 Å². The van der Waals surface area contributed by atoms with E-state index < -0.39 is 0 Å². The summed E-state index contributed by atoms with van der Waals surface area (Å²) >= 11 is 3.46. The first-order valence-corrected chi connectivity index (χ1v) is 8.72. The molecule has 1 aromatic heterocycles. The average molecular weight is 354 g/mol. The van der Waals surface area contributed by atoms with Crippen LogP contribution in [-0.4, -0.2) is 42.6 Å². The van der Waals surface area contributed by atoms with Gasteiger partial charge in [0.15, 0.2) is 0 Å². The molecule has 1 saturated carbocycles. The quantitative estimate of drug-likeness (QED) is 0.878. The minimum absolute atomic E-state index is 0.246. The van der Waals surface area contributed by atoms with Crippen LogP contribution >= 0.6 is 15.9 Å². The second-order valence-corrected chi connectivity index (χ2v) is 7.61. The lowest BCUT2D eigenvalue weighted by atomic mass is 9.71. The van der Waals surface area contributed by atoms with Crippen molar-refractivity contribution in [1.82, 2.24) is 15.2 Å². The molecular formula is C17H28BrN3. The van der Waals surface area contributed by atoms with Gasteiger partial charge >= 0.3 is 0 Å². The van der Waals surface area contributed by atoms with E-state index in [4.69, 9.17) is 0 Å². The smallest absolute Gasteiger partial charge is 0.0420 e. The van der Waals surface area contributed by atoms with Crippen molar-refractivity contribution >= 4 is 15.9 Å². The summed E-state index contributed by atoms with van der Waals surface area (Å²) in [6.45, 7) is 2.38. The lowest BCUT2D eigenvalue weighted by Crippen LogP contribution is -2.60. The minimum Gasteiger partial charge on any atom is -0.315 e. The first-order valence-electron chi connectivity index (χ1n) is 7.93. The summed E-state index contributed by atoms with van der Waals surface area (Å²) < 4.78 is 1.04. The van der Waals surface area contributed by atoms with Crippen LogP contribution in [0.1, 0.15) is 38.3 Å². The van der Waals surface area contributed by atoms with Gasteiger partial charge in [-0.15, -0.1) is 0 Å². The van der Waals surface area contributed by atoms with Gasteiger partial charge in [-0.2, -0.15) is 0 Å². The number of hydrogen-bond acceptors (Lipinski definition) is 3. The average Bonchev–Trinajstić information content (AvgIpc) is 2.48. The Hall–Kier alpha value is -0.450. The Balaban J connectivity index is 2.18. The van der Waals surface area contributed by atoms with Crippen LogP contribution in [-0.2, 0) is 6.42 Å². The van der Waals surface area contributed by atoms with Gasteiger partial charge < -0.3 is 10.2 Å². The third-order valence-corrected chi connectivity index (χ3v) is 5.70. The zero-order valence-corrected chi connectivity index (χ0v) is 15.3. The Morgan fingerprint density at radius 2 is 2.05 bits per heavy atom. The molecular weight excluding hydrogens is 326 g/mol. The highest BCUT2D eigenvalue weighted by molar-refractivity contribution is 9.10. The van der Waals surface area contributed by atoms with E-state index in [-0.39, 0.29) is 5.54 Å². The monoisotopic (exact) mass is 353 g/mol. The Bertz CT molecular complexity index is 436. The number of likely N-dealkylation sites (N-methyl/N-ethyl adjacent to an activating group) is 2. The highest BCUT2D eigenvalue weighted by atomic mass is 79.9. The maximum Gasteiger partial charge on any atom is 0.0420 e. The van der Waals surface area contributed by atoms with Crippen molar-refractivity contribution in [2.75, 3.05) is 21.1 Å². The molecule has 1 heterocycles. The second kappa shape index (κ2) is 7.21. The molecule has 1 aromatic rings. The summed E-state index contributed by atoms with van der Waals surface area (Å²) in [4.78, 5) is 7.00. The molecule has 118 valence electrons. The van der Waals surface area contributed by atoms with Gasteiger partial charge in [0.1, 0.15) is 0 Å². The standard InChI is InChI=1S/C17H28BrN3/c1-13-7-9-17(10-8-13,21(3)4)16(19-2)11-15-6-5-14(18)12-20-15/h5-6,12-13,16,19H,7-11H2,1-4H3. The maximum absolute atomic E-state index is 4.56. The van der Waals surface area contributed by atoms with Crippen molar-refractivity contribution in [2.45, 2.75) is 50.6 Å². The van der Waals surface area contributed by atoms with E-state index in [0.717, 1.165) is 22.5 Å². The molecule has 0 bridgehead atoms. The predicted molar refractivity (Wildman–Crippen MR) is 92.5 cm³/mol. The summed E-state index contributed by atoms with van der Waals surface area (Å²) in [7, 11) is 6.55. The number of nitrogens with one attached hydrogen (secondary N) is 1. The van der Waals surface area contributed by atoms with Crippen LogP contribution < -0.4 is 5.32 Å². The van der Waals surface area contributed by atoms with Crippen LogP contribution in [0.2, 0.25) is 0 Å². The lowest BCUT2D eigenvalue weighted by molar-refractivity contribution is 0.0458. The van der Waals surface area contributed by atoms with Crippen molar-refractivity contribution in [3.05, 3.63) is 28.5 Å². The Morgan fingerprint density at radius 1 is 1.38 bits per heavy atom. The lowest BCUT2D eigenvalue weighted by Gasteiger charge is -2.49. The molecule has 3 nitrogen and oxygen atoms in total. The molecule has 1 atom stereocenters. The van der Waals surface area contributed by atoms with Gasteiger partial charge in [0.25, 0.3) is 0 Å². The maximum atomic E-state index is 4.56. The molecule has 0 amide bonds. The van der Waals surface area contributed by atoms with Gasteiger partial charge in [-0.25, -0.2) is 0 Å². The summed E-state index contributed by atoms with van der Waals surface area (Å²) in [6, 6.07) is 4.65. The minimum atomic E-state index is 0.246. The Morgan fingerprint density at radius 3 is 2.52 bits per heavy atom. The Kier molecular flexibility index (Phi) is 5.81. The third kappa shape index (κ3) is 3.85. The predicted octanol–water partition coefficient (Wildman–Crippen LogP) is 3.49. The molecule has 0 aliphatic heterocycles. The summed E-state index contributed by atoms with van der Waals surface area (Å²) in [5.74, 6) is 0.862. The Labute approximate surface area is 137 Å². The van der Waals surface area contributed by atoms with Gasteiger partial charge in [-0.1, -0.05) is 6.92 Å². The van der Waals surface area contributed by atoms with E-state index in [1.165, 1.54) is 25.7 Å². The molecule has 1 fully saturated rings. The van der Waals surface area contributed by atoms with Gasteiger partial charge in [0.05, 0.1) is 0 Å². The molecule has 2 rings (SSSR count). The molecule has 1 unspecified atom stereocenters. The largest absolute Gasteiger partial charge is 0.315 e. The zero-order chi connectivity index (χ0) is 15.5. The van der Waals surface area contributed by atoms with E-state index in [9.17, 15) is 0 Å². The molecule has 0 saturated heterocycles. The fourth-order valence-corrected chi connectivity index (χ4v) is 3.90. The first-order chi connectivity index (χ1) is 9.98. The third-order valence-electron chi connectivity index (χ3n) is 5.23. The van der Waals surface area contributed by atoms with Crippen LogP contribution in [0.15, 0.2) is 22.8 Å². The molecule has 0 radical (unpaired) electrons. The van der Waals surface area contributed by atoms with E-state index >= 15 is 0 Å². The van der Waals surface area contributed by atoms with E-state index in [1.807, 2.05) is 6.20 Å².